The molecular formula is C17H27N3. The van der Waals surface area contributed by atoms with Crippen molar-refractivity contribution in [3.05, 3.63) is 29.3 Å². The topological polar surface area (TPSA) is 18.5 Å². The average molecular weight is 273 g/mol. The van der Waals surface area contributed by atoms with Crippen molar-refractivity contribution in [2.45, 2.75) is 25.3 Å². The van der Waals surface area contributed by atoms with Crippen molar-refractivity contribution in [3.63, 3.8) is 0 Å². The highest BCUT2D eigenvalue weighted by Gasteiger charge is 2.32. The molecule has 0 saturated carbocycles. The zero-order valence-electron chi connectivity index (χ0n) is 13.0. The smallest absolute Gasteiger partial charge is 0.0396 e. The maximum atomic E-state index is 3.36. The van der Waals surface area contributed by atoms with E-state index in [0.29, 0.717) is 6.04 Å². The van der Waals surface area contributed by atoms with Gasteiger partial charge in [0.1, 0.15) is 0 Å². The lowest BCUT2D eigenvalue weighted by Gasteiger charge is -2.30. The van der Waals surface area contributed by atoms with E-state index in [1.54, 1.807) is 5.56 Å². The van der Waals surface area contributed by atoms with Crippen molar-refractivity contribution >= 4 is 5.69 Å². The minimum atomic E-state index is 0.583. The van der Waals surface area contributed by atoms with Crippen LogP contribution >= 0.6 is 0 Å². The number of nitrogens with zero attached hydrogens (tertiary/aromatic N) is 2. The van der Waals surface area contributed by atoms with E-state index in [1.807, 2.05) is 0 Å². The van der Waals surface area contributed by atoms with E-state index in [-0.39, 0.29) is 0 Å². The van der Waals surface area contributed by atoms with Crippen LogP contribution in [0.15, 0.2) is 18.2 Å². The Morgan fingerprint density at radius 3 is 2.90 bits per heavy atom. The van der Waals surface area contributed by atoms with Gasteiger partial charge in [-0.25, -0.2) is 0 Å². The highest BCUT2D eigenvalue weighted by Crippen LogP contribution is 2.38. The monoisotopic (exact) mass is 273 g/mol. The van der Waals surface area contributed by atoms with Gasteiger partial charge in [-0.15, -0.1) is 0 Å². The van der Waals surface area contributed by atoms with Crippen molar-refractivity contribution < 1.29 is 0 Å². The molecule has 0 aliphatic carbocycles. The fourth-order valence-corrected chi connectivity index (χ4v) is 4.02. The van der Waals surface area contributed by atoms with E-state index in [2.05, 4.69) is 54.5 Å². The maximum Gasteiger partial charge on any atom is 0.0396 e. The number of hydrogen-bond donors (Lipinski definition) is 1. The van der Waals surface area contributed by atoms with Gasteiger partial charge in [0.25, 0.3) is 0 Å². The summed E-state index contributed by atoms with van der Waals surface area (Å²) in [5, 5.41) is 3.36. The molecule has 2 atom stereocenters. The van der Waals surface area contributed by atoms with Crippen molar-refractivity contribution in [1.29, 1.82) is 0 Å². The highest BCUT2D eigenvalue weighted by molar-refractivity contribution is 5.56. The molecule has 3 nitrogen and oxygen atoms in total. The third kappa shape index (κ3) is 2.45. The highest BCUT2D eigenvalue weighted by atomic mass is 15.2. The molecule has 0 bridgehead atoms. The summed E-state index contributed by atoms with van der Waals surface area (Å²) in [4.78, 5) is 4.92. The predicted molar refractivity (Wildman–Crippen MR) is 85.4 cm³/mol. The third-order valence-electron chi connectivity index (χ3n) is 5.04. The number of aryl methyl sites for hydroxylation is 1. The Morgan fingerprint density at radius 1 is 1.25 bits per heavy atom. The molecule has 2 aliphatic heterocycles. The van der Waals surface area contributed by atoms with Gasteiger partial charge in [0.05, 0.1) is 0 Å². The van der Waals surface area contributed by atoms with Crippen LogP contribution in [0.2, 0.25) is 0 Å². The molecule has 0 aromatic heterocycles. The molecule has 1 N–H and O–H groups in total. The molecule has 20 heavy (non-hydrogen) atoms. The fraction of sp³-hybridized carbons (Fsp3) is 0.647. The molecule has 1 saturated heterocycles. The predicted octanol–water partition coefficient (Wildman–Crippen LogP) is 2.28. The van der Waals surface area contributed by atoms with E-state index in [0.717, 1.165) is 12.5 Å². The Balaban J connectivity index is 1.89. The molecule has 2 heterocycles. The summed E-state index contributed by atoms with van der Waals surface area (Å²) in [6.45, 7) is 3.53. The van der Waals surface area contributed by atoms with Gasteiger partial charge in [0.15, 0.2) is 0 Å². The van der Waals surface area contributed by atoms with Crippen LogP contribution in [-0.4, -0.2) is 45.7 Å². The molecule has 110 valence electrons. The van der Waals surface area contributed by atoms with Crippen molar-refractivity contribution in [3.8, 4) is 0 Å². The van der Waals surface area contributed by atoms with Gasteiger partial charge in [0.2, 0.25) is 0 Å². The zero-order valence-corrected chi connectivity index (χ0v) is 13.0. The molecule has 2 unspecified atom stereocenters. The zero-order chi connectivity index (χ0) is 14.1. The molecular weight excluding hydrogens is 246 g/mol. The van der Waals surface area contributed by atoms with Crippen LogP contribution in [0.5, 0.6) is 0 Å². The fourth-order valence-electron chi connectivity index (χ4n) is 4.02. The second kappa shape index (κ2) is 5.74. The number of likely N-dealkylation sites (tertiary alicyclic amines) is 1. The lowest BCUT2D eigenvalue weighted by atomic mass is 9.90. The lowest BCUT2D eigenvalue weighted by Crippen LogP contribution is -2.28. The Hall–Kier alpha value is -1.06. The van der Waals surface area contributed by atoms with Crippen LogP contribution < -0.4 is 10.2 Å². The Bertz CT molecular complexity index is 469. The Morgan fingerprint density at radius 2 is 2.10 bits per heavy atom. The number of hydrogen-bond acceptors (Lipinski definition) is 3. The first-order valence-electron chi connectivity index (χ1n) is 7.89. The first kappa shape index (κ1) is 13.9. The minimum absolute atomic E-state index is 0.583. The largest absolute Gasteiger partial charge is 0.374 e. The number of rotatable bonds is 3. The van der Waals surface area contributed by atoms with Gasteiger partial charge in [-0.3, -0.25) is 4.90 Å². The first-order chi connectivity index (χ1) is 9.70. The number of fused-ring (bicyclic) bond motifs is 1. The molecule has 1 aromatic rings. The van der Waals surface area contributed by atoms with Gasteiger partial charge in [-0.2, -0.15) is 0 Å². The second-order valence-electron chi connectivity index (χ2n) is 6.45. The maximum absolute atomic E-state index is 3.36. The summed E-state index contributed by atoms with van der Waals surface area (Å²) < 4.78 is 0. The quantitative estimate of drug-likeness (QED) is 0.911. The van der Waals surface area contributed by atoms with Gasteiger partial charge < -0.3 is 10.2 Å². The van der Waals surface area contributed by atoms with Crippen LogP contribution in [-0.2, 0) is 6.42 Å². The van der Waals surface area contributed by atoms with Gasteiger partial charge in [-0.1, -0.05) is 12.1 Å². The molecule has 3 rings (SSSR count). The van der Waals surface area contributed by atoms with E-state index >= 15 is 0 Å². The average Bonchev–Trinajstić information content (AvgIpc) is 2.80. The van der Waals surface area contributed by atoms with E-state index in [4.69, 9.17) is 0 Å². The summed E-state index contributed by atoms with van der Waals surface area (Å²) in [5.41, 5.74) is 4.49. The van der Waals surface area contributed by atoms with Crippen molar-refractivity contribution in [1.82, 2.24) is 10.2 Å². The molecule has 1 fully saturated rings. The van der Waals surface area contributed by atoms with Crippen LogP contribution in [0.4, 0.5) is 5.69 Å². The molecule has 0 radical (unpaired) electrons. The van der Waals surface area contributed by atoms with Crippen LogP contribution in [0.1, 0.15) is 30.0 Å². The molecule has 0 amide bonds. The number of nitrogens with one attached hydrogen (secondary N) is 1. The van der Waals surface area contributed by atoms with E-state index in [9.17, 15) is 0 Å². The molecule has 3 heteroatoms. The molecule has 1 aromatic carbocycles. The van der Waals surface area contributed by atoms with Gasteiger partial charge >= 0.3 is 0 Å². The summed E-state index contributed by atoms with van der Waals surface area (Å²) in [7, 11) is 6.55. The van der Waals surface area contributed by atoms with Crippen molar-refractivity contribution in [2.24, 2.45) is 5.92 Å². The number of benzene rings is 1. The lowest BCUT2D eigenvalue weighted by molar-refractivity contribution is 0.274. The Labute approximate surface area is 123 Å². The molecule has 2 aliphatic rings. The normalized spacial score (nSPS) is 26.9. The van der Waals surface area contributed by atoms with Crippen LogP contribution in [0.3, 0.4) is 0 Å². The third-order valence-corrected chi connectivity index (χ3v) is 5.04. The summed E-state index contributed by atoms with van der Waals surface area (Å²) in [6.07, 6.45) is 3.83. The summed E-state index contributed by atoms with van der Waals surface area (Å²) >= 11 is 0. The Kier molecular flexibility index (Phi) is 3.99. The second-order valence-corrected chi connectivity index (χ2v) is 6.45. The van der Waals surface area contributed by atoms with E-state index < -0.39 is 0 Å². The summed E-state index contributed by atoms with van der Waals surface area (Å²) in [5.74, 6) is 0.740. The standard InChI is InChI=1S/C17H27N3/c1-18-12-15-8-10-20(3)17(15)14-6-7-16-13(11-14)5-4-9-19(16)2/h6-7,11,15,17-18H,4-5,8-10,12H2,1-3H3. The SMILES string of the molecule is CNCC1CCN(C)C1c1ccc2c(c1)CCCN2C. The summed E-state index contributed by atoms with van der Waals surface area (Å²) in [6, 6.07) is 7.75. The van der Waals surface area contributed by atoms with Crippen LogP contribution in [0.25, 0.3) is 0 Å². The first-order valence-corrected chi connectivity index (χ1v) is 7.89. The van der Waals surface area contributed by atoms with Crippen molar-refractivity contribution in [2.75, 3.05) is 45.7 Å². The minimum Gasteiger partial charge on any atom is -0.374 e. The van der Waals surface area contributed by atoms with Gasteiger partial charge in [0, 0.05) is 25.3 Å². The number of anilines is 1. The molecule has 0 spiro atoms. The van der Waals surface area contributed by atoms with E-state index in [1.165, 1.54) is 43.6 Å². The van der Waals surface area contributed by atoms with Crippen LogP contribution in [0, 0.1) is 5.92 Å². The van der Waals surface area contributed by atoms with Gasteiger partial charge in [-0.05, 0) is 69.6 Å².